The smallest absolute Gasteiger partial charge is 0.504 e. The molecule has 8 heterocycles. The molecule has 324 valence electrons. The maximum Gasteiger partial charge on any atom is 0.536 e. The van der Waals surface area contributed by atoms with E-state index in [0.29, 0.717) is 51.4 Å². The molecule has 1 unspecified atom stereocenters. The van der Waals surface area contributed by atoms with Gasteiger partial charge < -0.3 is 56.9 Å². The molecule has 0 aromatic carbocycles. The highest BCUT2D eigenvalue weighted by Crippen LogP contribution is 2.57. The predicted molar refractivity (Wildman–Crippen MR) is 204 cm³/mol. The first-order valence-corrected chi connectivity index (χ1v) is 21.4. The number of hydrogen-bond acceptors (Lipinski definition) is 15. The van der Waals surface area contributed by atoms with Crippen molar-refractivity contribution in [2.75, 3.05) is 0 Å². The van der Waals surface area contributed by atoms with E-state index in [9.17, 15) is 19.5 Å². The highest BCUT2D eigenvalue weighted by Gasteiger charge is 2.73. The fourth-order valence-electron chi connectivity index (χ4n) is 10.5. The van der Waals surface area contributed by atoms with Crippen molar-refractivity contribution in [3.05, 3.63) is 24.3 Å². The molecule has 11 bridgehead atoms. The Labute approximate surface area is 341 Å². The lowest BCUT2D eigenvalue weighted by atomic mass is 9.73. The van der Waals surface area contributed by atoms with Gasteiger partial charge in [0.1, 0.15) is 18.3 Å². The first-order chi connectivity index (χ1) is 27.3. The summed E-state index contributed by atoms with van der Waals surface area (Å²) in [5.74, 6) is -6.61. The second kappa shape index (κ2) is 15.2. The molecular formula is C42H62BO15-. The van der Waals surface area contributed by atoms with Gasteiger partial charge in [-0.3, -0.25) is 4.79 Å². The number of ether oxygens (including phenoxy) is 7. The Bertz CT molecular complexity index is 1670. The maximum atomic E-state index is 14.7. The van der Waals surface area contributed by atoms with Crippen molar-refractivity contribution < 1.29 is 71.3 Å². The van der Waals surface area contributed by atoms with Crippen molar-refractivity contribution >= 4 is 24.9 Å². The lowest BCUT2D eigenvalue weighted by molar-refractivity contribution is -0.311. The highest BCUT2D eigenvalue weighted by molar-refractivity contribution is 6.56. The van der Waals surface area contributed by atoms with Gasteiger partial charge in [0.2, 0.25) is 0 Å². The van der Waals surface area contributed by atoms with Gasteiger partial charge in [-0.15, -0.1) is 0 Å². The average Bonchev–Trinajstić information content (AvgIpc) is 3.87. The van der Waals surface area contributed by atoms with Gasteiger partial charge in [0.25, 0.3) is 0 Å². The Morgan fingerprint density at radius 1 is 0.724 bits per heavy atom. The number of esters is 3. The molecule has 0 aliphatic carbocycles. The Morgan fingerprint density at radius 3 is 1.67 bits per heavy atom. The van der Waals surface area contributed by atoms with Crippen molar-refractivity contribution in [3.63, 3.8) is 0 Å². The monoisotopic (exact) mass is 817 g/mol. The molecule has 0 aromatic rings. The van der Waals surface area contributed by atoms with Gasteiger partial charge >= 0.3 is 24.9 Å². The van der Waals surface area contributed by atoms with E-state index in [4.69, 9.17) is 51.8 Å². The van der Waals surface area contributed by atoms with Crippen molar-refractivity contribution in [1.29, 1.82) is 0 Å². The van der Waals surface area contributed by atoms with E-state index in [-0.39, 0.29) is 12.2 Å². The second-order valence-corrected chi connectivity index (χ2v) is 19.2. The van der Waals surface area contributed by atoms with Crippen LogP contribution < -0.4 is 0 Å². The topological polar surface area (TPSA) is 173 Å². The summed E-state index contributed by atoms with van der Waals surface area (Å²) in [6.07, 6.45) is 2.33. The van der Waals surface area contributed by atoms with Crippen LogP contribution in [0.3, 0.4) is 0 Å². The van der Waals surface area contributed by atoms with Gasteiger partial charge in [-0.2, -0.15) is 0 Å². The molecule has 8 aliphatic heterocycles. The first kappa shape index (κ1) is 42.3. The number of aliphatic hydroxyl groups is 1. The third kappa shape index (κ3) is 7.19. The minimum absolute atomic E-state index is 0.307. The quantitative estimate of drug-likeness (QED) is 0.167. The molecule has 0 aromatic heterocycles. The van der Waals surface area contributed by atoms with Crippen molar-refractivity contribution in [3.8, 4) is 0 Å². The molecule has 8 aliphatic rings. The van der Waals surface area contributed by atoms with Crippen LogP contribution in [0.25, 0.3) is 0 Å². The molecule has 15 nitrogen and oxygen atoms in total. The number of carbonyl (C=O) groups is 3. The molecule has 58 heavy (non-hydrogen) atoms. The summed E-state index contributed by atoms with van der Waals surface area (Å²) in [4.78, 5) is 42.0. The average molecular weight is 818 g/mol. The van der Waals surface area contributed by atoms with E-state index in [2.05, 4.69) is 0 Å². The van der Waals surface area contributed by atoms with E-state index in [1.165, 1.54) is 6.92 Å². The zero-order chi connectivity index (χ0) is 41.6. The van der Waals surface area contributed by atoms with Gasteiger partial charge in [0.05, 0.1) is 42.7 Å². The SMILES string of the molecule is CC(=O)O[C@@H]1C/C=C\[C@@H]2C[C@H](OC(=O)[C@@H]3O[B-]45O[C@@H](C(=O)O[C@H]6C[C@@H](/C=C\C[C@@H](O)C(C)(C)[C@@H]7CC[C@@H](C)[C@]3(O7)O4)O[C@@H]6C)[C@@]3(O[C@@H](CC[C@H]3C)C1(C)C)O5)[C@@H](C)O2. The summed E-state index contributed by atoms with van der Waals surface area (Å²) in [7, 11) is 0. The lowest BCUT2D eigenvalue weighted by Crippen LogP contribution is -2.61. The largest absolute Gasteiger partial charge is 0.536 e. The van der Waals surface area contributed by atoms with Crippen LogP contribution in [0.4, 0.5) is 0 Å². The first-order valence-electron chi connectivity index (χ1n) is 21.4. The van der Waals surface area contributed by atoms with Gasteiger partial charge in [-0.25, -0.2) is 9.59 Å². The number of aliphatic hydroxyl groups excluding tert-OH is 1. The van der Waals surface area contributed by atoms with Gasteiger partial charge in [-0.05, 0) is 46.0 Å². The maximum absolute atomic E-state index is 14.7. The van der Waals surface area contributed by atoms with Crippen LogP contribution in [0.5, 0.6) is 0 Å². The zero-order valence-corrected chi connectivity index (χ0v) is 35.3. The number of carbonyl (C=O) groups excluding carboxylic acids is 3. The Kier molecular flexibility index (Phi) is 11.1. The summed E-state index contributed by atoms with van der Waals surface area (Å²) in [5.41, 5.74) is -1.66. The van der Waals surface area contributed by atoms with Gasteiger partial charge in [0.15, 0.2) is 23.8 Å². The molecule has 0 saturated carbocycles. The number of rotatable bonds is 1. The van der Waals surface area contributed by atoms with Crippen molar-refractivity contribution in [2.45, 2.75) is 199 Å². The third-order valence-electron chi connectivity index (χ3n) is 14.5. The van der Waals surface area contributed by atoms with E-state index in [1.807, 2.05) is 79.7 Å². The molecule has 0 amide bonds. The Hall–Kier alpha value is -2.41. The van der Waals surface area contributed by atoms with E-state index in [1.54, 1.807) is 0 Å². The second-order valence-electron chi connectivity index (χ2n) is 19.2. The van der Waals surface area contributed by atoms with Crippen molar-refractivity contribution in [1.82, 2.24) is 0 Å². The van der Waals surface area contributed by atoms with Crippen LogP contribution in [-0.2, 0) is 66.2 Å². The van der Waals surface area contributed by atoms with Crippen molar-refractivity contribution in [2.24, 2.45) is 22.7 Å². The van der Waals surface area contributed by atoms with Crippen LogP contribution in [0.2, 0.25) is 0 Å². The highest BCUT2D eigenvalue weighted by atomic mass is 17.0. The summed E-state index contributed by atoms with van der Waals surface area (Å²) in [5, 5.41) is 11.7. The number of fused-ring (bicyclic) bond motifs is 8. The Morgan fingerprint density at radius 2 is 1.19 bits per heavy atom. The summed E-state index contributed by atoms with van der Waals surface area (Å²) in [6, 6.07) is 0. The predicted octanol–water partition coefficient (Wildman–Crippen LogP) is 4.72. The third-order valence-corrected chi connectivity index (χ3v) is 14.5. The molecule has 8 rings (SSSR count). The minimum atomic E-state index is -3.46. The summed E-state index contributed by atoms with van der Waals surface area (Å²) in [6.45, 7) is 13.2. The molecule has 0 radical (unpaired) electrons. The van der Waals surface area contributed by atoms with Crippen LogP contribution in [0.15, 0.2) is 24.3 Å². The molecule has 6 fully saturated rings. The Balaban J connectivity index is 1.28. The normalized spacial score (nSPS) is 51.0. The zero-order valence-electron chi connectivity index (χ0n) is 35.3. The fourth-order valence-corrected chi connectivity index (χ4v) is 10.5. The van der Waals surface area contributed by atoms with Gasteiger partial charge in [-0.1, -0.05) is 65.8 Å². The summed E-state index contributed by atoms with van der Waals surface area (Å²) >= 11 is 0. The van der Waals surface area contributed by atoms with E-state index >= 15 is 0 Å². The number of hydrogen-bond donors (Lipinski definition) is 1. The fraction of sp³-hybridized carbons (Fsp3) is 0.833. The molecular weight excluding hydrogens is 755 g/mol. The molecule has 6 saturated heterocycles. The minimum Gasteiger partial charge on any atom is -0.504 e. The van der Waals surface area contributed by atoms with E-state index in [0.717, 1.165) is 0 Å². The lowest BCUT2D eigenvalue weighted by Gasteiger charge is -2.52. The van der Waals surface area contributed by atoms with Crippen LogP contribution >= 0.6 is 0 Å². The van der Waals surface area contributed by atoms with E-state index < -0.39 is 120 Å². The molecule has 17 atom stereocenters. The van der Waals surface area contributed by atoms with Crippen LogP contribution in [0, 0.1) is 22.7 Å². The molecule has 3 spiro atoms. The molecule has 16 heteroatoms. The van der Waals surface area contributed by atoms with Gasteiger partial charge in [0, 0.05) is 48.9 Å². The van der Waals surface area contributed by atoms with Crippen LogP contribution in [-0.4, -0.2) is 115 Å². The summed E-state index contributed by atoms with van der Waals surface area (Å²) < 4.78 is 72.2. The molecule has 1 N–H and O–H groups in total. The standard InChI is InChI=1S/C42H62BO15/c1-22-16-18-33-39(6,7)31(45)14-10-12-27-20-29(24(3)48-27)51-38(47)36-42-23(2)17-19-34(54-42)40(8,9)32(50-26(5)44)15-11-13-28-21-30(25(4)49-28)52-37(46)35-41(22,53-33)57-43(55-35,56-36)58-42/h10-13,22-25,27-36,45H,14-21H2,1-9H3/q-1/b12-10-,13-11-/t22-,23-,24-,25-,27-,28-,29+,30+,31-,32-,33+,34+,35+,36+,41+,42+,43?/m1/s1. The van der Waals surface area contributed by atoms with Crippen LogP contribution in [0.1, 0.15) is 114 Å².